The van der Waals surface area contributed by atoms with Crippen molar-refractivity contribution in [2.24, 2.45) is 0 Å². The van der Waals surface area contributed by atoms with Crippen LogP contribution in [0.2, 0.25) is 0 Å². The van der Waals surface area contributed by atoms with E-state index in [1.165, 1.54) is 13.1 Å². The average Bonchev–Trinajstić information content (AvgIpc) is 2.53. The fourth-order valence-electron chi connectivity index (χ4n) is 1.88. The molecule has 7 heteroatoms. The first-order valence-corrected chi connectivity index (χ1v) is 8.02. The van der Waals surface area contributed by atoms with Crippen molar-refractivity contribution in [2.75, 3.05) is 11.7 Å². The van der Waals surface area contributed by atoms with E-state index in [1.807, 2.05) is 0 Å². The minimum atomic E-state index is -4.08. The zero-order chi connectivity index (χ0) is 16.2. The average molecular weight is 321 g/mol. The van der Waals surface area contributed by atoms with Crippen LogP contribution in [-0.2, 0) is 15.7 Å². The molecule has 0 bridgehead atoms. The Bertz CT molecular complexity index is 704. The third-order valence-electron chi connectivity index (χ3n) is 3.14. The second-order valence-corrected chi connectivity index (χ2v) is 6.42. The highest BCUT2D eigenvalue weighted by atomic mass is 31.2. The van der Waals surface area contributed by atoms with Crippen molar-refractivity contribution in [3.63, 3.8) is 0 Å². The number of para-hydroxylation sites is 1. The molecule has 0 heterocycles. The van der Waals surface area contributed by atoms with Gasteiger partial charge in [-0.25, -0.2) is 9.36 Å². The van der Waals surface area contributed by atoms with Crippen LogP contribution in [0.3, 0.4) is 0 Å². The lowest BCUT2D eigenvalue weighted by Crippen LogP contribution is -2.15. The van der Waals surface area contributed by atoms with Crippen LogP contribution >= 0.6 is 7.75 Å². The van der Waals surface area contributed by atoms with Gasteiger partial charge in [-0.1, -0.05) is 36.4 Å². The standard InChI is InChI=1S/C15H16NO5P/c1-16(13-8-3-2-4-9-13)22(19,20)21-11-12-7-5-6-10-14(12)15(17)18/h2-10H,11H2,1H3,(H,17,18)(H,19,20). The van der Waals surface area contributed by atoms with E-state index in [1.54, 1.807) is 48.5 Å². The van der Waals surface area contributed by atoms with Crippen LogP contribution in [0, 0.1) is 0 Å². The zero-order valence-corrected chi connectivity index (χ0v) is 12.8. The largest absolute Gasteiger partial charge is 0.478 e. The first kappa shape index (κ1) is 16.2. The highest BCUT2D eigenvalue weighted by Gasteiger charge is 2.27. The molecule has 0 spiro atoms. The normalized spacial score (nSPS) is 13.4. The lowest BCUT2D eigenvalue weighted by atomic mass is 10.1. The van der Waals surface area contributed by atoms with Gasteiger partial charge in [0.2, 0.25) is 0 Å². The van der Waals surface area contributed by atoms with Crippen molar-refractivity contribution >= 4 is 19.4 Å². The number of nitrogens with zero attached hydrogens (tertiary/aromatic N) is 1. The molecule has 0 aromatic heterocycles. The Morgan fingerprint density at radius 3 is 2.36 bits per heavy atom. The molecule has 22 heavy (non-hydrogen) atoms. The Kier molecular flexibility index (Phi) is 4.98. The molecule has 2 N–H and O–H groups in total. The van der Waals surface area contributed by atoms with Gasteiger partial charge >= 0.3 is 13.7 Å². The number of carbonyl (C=O) groups is 1. The molecule has 0 aliphatic carbocycles. The van der Waals surface area contributed by atoms with Crippen LogP contribution in [0.15, 0.2) is 54.6 Å². The molecule has 2 aromatic rings. The van der Waals surface area contributed by atoms with Gasteiger partial charge in [0.05, 0.1) is 12.2 Å². The maximum Gasteiger partial charge on any atom is 0.432 e. The summed E-state index contributed by atoms with van der Waals surface area (Å²) in [4.78, 5) is 21.1. The third kappa shape index (κ3) is 3.74. The summed E-state index contributed by atoms with van der Waals surface area (Å²) in [6.07, 6.45) is 0. The predicted octanol–water partition coefficient (Wildman–Crippen LogP) is 3.14. The third-order valence-corrected chi connectivity index (χ3v) is 4.60. The molecule has 1 unspecified atom stereocenters. The summed E-state index contributed by atoms with van der Waals surface area (Å²) in [6.45, 7) is -0.270. The van der Waals surface area contributed by atoms with Gasteiger partial charge in [-0.3, -0.25) is 9.19 Å². The molecule has 0 aliphatic rings. The van der Waals surface area contributed by atoms with Crippen LogP contribution < -0.4 is 4.67 Å². The highest BCUT2D eigenvalue weighted by molar-refractivity contribution is 7.54. The maximum atomic E-state index is 12.3. The molecule has 0 amide bonds. The van der Waals surface area contributed by atoms with Crippen molar-refractivity contribution in [3.8, 4) is 0 Å². The maximum absolute atomic E-state index is 12.3. The van der Waals surface area contributed by atoms with E-state index < -0.39 is 13.7 Å². The van der Waals surface area contributed by atoms with E-state index in [0.717, 1.165) is 4.67 Å². The van der Waals surface area contributed by atoms with E-state index in [9.17, 15) is 14.3 Å². The summed E-state index contributed by atoms with van der Waals surface area (Å²) in [6, 6.07) is 14.8. The first-order valence-electron chi connectivity index (χ1n) is 6.49. The first-order chi connectivity index (χ1) is 10.4. The summed E-state index contributed by atoms with van der Waals surface area (Å²) in [5.74, 6) is -1.11. The lowest BCUT2D eigenvalue weighted by molar-refractivity contribution is 0.0693. The van der Waals surface area contributed by atoms with Crippen molar-refractivity contribution in [1.82, 2.24) is 0 Å². The Morgan fingerprint density at radius 1 is 1.14 bits per heavy atom. The molecule has 0 saturated carbocycles. The van der Waals surface area contributed by atoms with Crippen LogP contribution in [0.1, 0.15) is 15.9 Å². The topological polar surface area (TPSA) is 87.1 Å². The minimum absolute atomic E-state index is 0.0462. The molecule has 6 nitrogen and oxygen atoms in total. The van der Waals surface area contributed by atoms with Crippen LogP contribution in [0.25, 0.3) is 0 Å². The van der Waals surface area contributed by atoms with Crippen molar-refractivity contribution in [2.45, 2.75) is 6.61 Å². The minimum Gasteiger partial charge on any atom is -0.478 e. The van der Waals surface area contributed by atoms with Crippen molar-refractivity contribution in [3.05, 3.63) is 65.7 Å². The monoisotopic (exact) mass is 321 g/mol. The second-order valence-electron chi connectivity index (χ2n) is 4.59. The Labute approximate surface area is 128 Å². The Balaban J connectivity index is 2.14. The SMILES string of the molecule is CN(c1ccccc1)P(=O)(O)OCc1ccccc1C(=O)O. The quantitative estimate of drug-likeness (QED) is 0.795. The molecule has 0 radical (unpaired) electrons. The summed E-state index contributed by atoms with van der Waals surface area (Å²) in [5.41, 5.74) is 0.912. The number of rotatable bonds is 6. The van der Waals surface area contributed by atoms with Gasteiger partial charge < -0.3 is 10.00 Å². The van der Waals surface area contributed by atoms with Gasteiger partial charge in [0, 0.05) is 12.7 Å². The van der Waals surface area contributed by atoms with E-state index in [2.05, 4.69) is 0 Å². The second kappa shape index (κ2) is 6.75. The molecular weight excluding hydrogens is 305 g/mol. The molecule has 2 aromatic carbocycles. The van der Waals surface area contributed by atoms with Gasteiger partial charge in [-0.2, -0.15) is 0 Å². The highest BCUT2D eigenvalue weighted by Crippen LogP contribution is 2.48. The number of aromatic carboxylic acids is 1. The van der Waals surface area contributed by atoms with Gasteiger partial charge in [-0.15, -0.1) is 0 Å². The van der Waals surface area contributed by atoms with Crippen molar-refractivity contribution < 1.29 is 23.9 Å². The predicted molar refractivity (Wildman–Crippen MR) is 82.9 cm³/mol. The fourth-order valence-corrected chi connectivity index (χ4v) is 2.79. The fraction of sp³-hybridized carbons (Fsp3) is 0.133. The smallest absolute Gasteiger partial charge is 0.432 e. The van der Waals surface area contributed by atoms with E-state index >= 15 is 0 Å². The van der Waals surface area contributed by atoms with E-state index in [4.69, 9.17) is 9.63 Å². The van der Waals surface area contributed by atoms with Crippen LogP contribution in [0.4, 0.5) is 5.69 Å². The summed E-state index contributed by atoms with van der Waals surface area (Å²) in [7, 11) is -2.64. The number of anilines is 1. The van der Waals surface area contributed by atoms with Gasteiger partial charge in [0.1, 0.15) is 0 Å². The van der Waals surface area contributed by atoms with E-state index in [0.29, 0.717) is 11.3 Å². The molecule has 116 valence electrons. The molecular formula is C15H16NO5P. The number of benzene rings is 2. The number of hydrogen-bond donors (Lipinski definition) is 2. The summed E-state index contributed by atoms with van der Waals surface area (Å²) in [5, 5.41) is 9.08. The van der Waals surface area contributed by atoms with Gasteiger partial charge in [-0.05, 0) is 23.8 Å². The Morgan fingerprint density at radius 2 is 1.73 bits per heavy atom. The van der Waals surface area contributed by atoms with E-state index in [-0.39, 0.29) is 12.2 Å². The number of carboxylic acid groups (broad SMARTS) is 1. The number of hydrogen-bond acceptors (Lipinski definition) is 3. The van der Waals surface area contributed by atoms with Gasteiger partial charge in [0.15, 0.2) is 0 Å². The van der Waals surface area contributed by atoms with Crippen LogP contribution in [-0.4, -0.2) is 23.0 Å². The van der Waals surface area contributed by atoms with Crippen molar-refractivity contribution in [1.29, 1.82) is 0 Å². The summed E-state index contributed by atoms with van der Waals surface area (Å²) >= 11 is 0. The van der Waals surface area contributed by atoms with Crippen LogP contribution in [0.5, 0.6) is 0 Å². The molecule has 2 rings (SSSR count). The van der Waals surface area contributed by atoms with Gasteiger partial charge in [0.25, 0.3) is 0 Å². The lowest BCUT2D eigenvalue weighted by Gasteiger charge is -2.24. The summed E-state index contributed by atoms with van der Waals surface area (Å²) < 4.78 is 18.5. The Hall–Kier alpha value is -2.14. The number of carboxylic acids is 1. The molecule has 0 aliphatic heterocycles. The molecule has 1 atom stereocenters. The molecule has 0 saturated heterocycles. The zero-order valence-electron chi connectivity index (χ0n) is 11.9. The molecule has 0 fully saturated rings.